The van der Waals surface area contributed by atoms with Crippen LogP contribution in [-0.2, 0) is 21.9 Å². The molecule has 1 heterocycles. The first-order chi connectivity index (χ1) is 10.3. The number of aliphatic carboxylic acids is 1. The summed E-state index contributed by atoms with van der Waals surface area (Å²) in [5.74, 6) is -1.10. The highest BCUT2D eigenvalue weighted by Gasteiger charge is 2.26. The molecule has 0 fully saturated rings. The molecule has 0 radical (unpaired) electrons. The lowest BCUT2D eigenvalue weighted by Gasteiger charge is -2.19. The molecule has 0 aliphatic rings. The lowest BCUT2D eigenvalue weighted by atomic mass is 10.00. The molecule has 2 N–H and O–H groups in total. The largest absolute Gasteiger partial charge is 0.481 e. The molecule has 0 aliphatic heterocycles. The second-order valence-electron chi connectivity index (χ2n) is 4.82. The predicted molar refractivity (Wildman–Crippen MR) is 77.5 cm³/mol. The van der Waals surface area contributed by atoms with Crippen molar-refractivity contribution in [3.05, 3.63) is 41.6 Å². The number of carboxylic acid groups (broad SMARTS) is 1. The molecule has 2 aromatic rings. The number of nitrogens with one attached hydrogen (secondary N) is 1. The van der Waals surface area contributed by atoms with Crippen molar-refractivity contribution in [3.8, 4) is 0 Å². The van der Waals surface area contributed by atoms with Gasteiger partial charge in [0.2, 0.25) is 0 Å². The van der Waals surface area contributed by atoms with E-state index in [0.717, 1.165) is 16.4 Å². The van der Waals surface area contributed by atoms with Gasteiger partial charge in [-0.1, -0.05) is 29.5 Å². The van der Waals surface area contributed by atoms with Gasteiger partial charge in [0, 0.05) is 7.05 Å². The van der Waals surface area contributed by atoms with E-state index in [1.165, 1.54) is 7.05 Å². The molecule has 22 heavy (non-hydrogen) atoms. The summed E-state index contributed by atoms with van der Waals surface area (Å²) in [7, 11) is -2.49. The van der Waals surface area contributed by atoms with E-state index in [4.69, 9.17) is 5.11 Å². The Kier molecular flexibility index (Phi) is 4.57. The summed E-state index contributed by atoms with van der Waals surface area (Å²) in [5, 5.41) is 16.0. The number of hydrogen-bond donors (Lipinski definition) is 2. The molecule has 0 saturated carbocycles. The first-order valence-corrected chi connectivity index (χ1v) is 7.94. The van der Waals surface area contributed by atoms with Crippen LogP contribution < -0.4 is 4.72 Å². The molecule has 8 nitrogen and oxygen atoms in total. The van der Waals surface area contributed by atoms with Gasteiger partial charge >= 0.3 is 5.97 Å². The van der Waals surface area contributed by atoms with Crippen LogP contribution in [0.3, 0.4) is 0 Å². The minimum Gasteiger partial charge on any atom is -0.481 e. The van der Waals surface area contributed by atoms with Crippen molar-refractivity contribution in [2.45, 2.75) is 24.4 Å². The number of sulfonamides is 1. The van der Waals surface area contributed by atoms with Gasteiger partial charge in [-0.2, -0.15) is 0 Å². The summed E-state index contributed by atoms with van der Waals surface area (Å²) in [5.41, 5.74) is 1.42. The van der Waals surface area contributed by atoms with Gasteiger partial charge in [0.05, 0.1) is 18.7 Å². The molecule has 118 valence electrons. The fourth-order valence-corrected chi connectivity index (χ4v) is 3.41. The Labute approximate surface area is 127 Å². The Hall–Kier alpha value is -2.26. The van der Waals surface area contributed by atoms with E-state index in [2.05, 4.69) is 15.0 Å². The van der Waals surface area contributed by atoms with Crippen molar-refractivity contribution in [2.75, 3.05) is 0 Å². The van der Waals surface area contributed by atoms with Crippen LogP contribution >= 0.6 is 0 Å². The third-order valence-corrected chi connectivity index (χ3v) is 4.70. The standard InChI is InChI=1S/C13H16N4O4S/c1-9-5-3-4-6-10(9)11(7-13(18)19)15-22(20,21)12-8-14-16-17(12)2/h3-6,8,11,15H,7H2,1-2H3,(H,18,19). The predicted octanol–water partition coefficient (Wildman–Crippen LogP) is 0.618. The van der Waals surface area contributed by atoms with Crippen molar-refractivity contribution >= 4 is 16.0 Å². The quantitative estimate of drug-likeness (QED) is 0.805. The third-order valence-electron chi connectivity index (χ3n) is 3.19. The Bertz CT molecular complexity index is 785. The number of benzene rings is 1. The fraction of sp³-hybridized carbons (Fsp3) is 0.308. The van der Waals surface area contributed by atoms with Gasteiger partial charge in [0.1, 0.15) is 0 Å². The van der Waals surface area contributed by atoms with Crippen LogP contribution in [0.25, 0.3) is 0 Å². The number of aryl methyl sites for hydroxylation is 2. The van der Waals surface area contributed by atoms with Gasteiger partial charge < -0.3 is 5.11 Å². The molecule has 0 bridgehead atoms. The second-order valence-corrected chi connectivity index (χ2v) is 6.49. The van der Waals surface area contributed by atoms with Crippen LogP contribution in [0.4, 0.5) is 0 Å². The van der Waals surface area contributed by atoms with Gasteiger partial charge in [0.15, 0.2) is 5.03 Å². The Balaban J connectivity index is 2.38. The Morgan fingerprint density at radius 2 is 2.09 bits per heavy atom. The third kappa shape index (κ3) is 3.49. The summed E-state index contributed by atoms with van der Waals surface area (Å²) in [6.07, 6.45) is 0.743. The SMILES string of the molecule is Cc1ccccc1C(CC(=O)O)NS(=O)(=O)c1cnnn1C. The first-order valence-electron chi connectivity index (χ1n) is 6.45. The molecular weight excluding hydrogens is 308 g/mol. The second kappa shape index (κ2) is 6.24. The normalized spacial score (nSPS) is 13.0. The van der Waals surface area contributed by atoms with Gasteiger partial charge in [-0.25, -0.2) is 17.8 Å². The van der Waals surface area contributed by atoms with E-state index in [9.17, 15) is 13.2 Å². The summed E-state index contributed by atoms with van der Waals surface area (Å²) < 4.78 is 28.3. The highest BCUT2D eigenvalue weighted by atomic mass is 32.2. The van der Waals surface area contributed by atoms with Crippen molar-refractivity contribution in [3.63, 3.8) is 0 Å². The van der Waals surface area contributed by atoms with E-state index < -0.39 is 22.0 Å². The van der Waals surface area contributed by atoms with Crippen LogP contribution in [-0.4, -0.2) is 34.5 Å². The van der Waals surface area contributed by atoms with Crippen molar-refractivity contribution < 1.29 is 18.3 Å². The molecule has 1 unspecified atom stereocenters. The van der Waals surface area contributed by atoms with Gasteiger partial charge in [-0.15, -0.1) is 5.10 Å². The number of hydrogen-bond acceptors (Lipinski definition) is 5. The maximum Gasteiger partial charge on any atom is 0.305 e. The van der Waals surface area contributed by atoms with Crippen molar-refractivity contribution in [1.82, 2.24) is 19.7 Å². The number of carbonyl (C=O) groups is 1. The molecule has 1 atom stereocenters. The Morgan fingerprint density at radius 3 is 2.64 bits per heavy atom. The van der Waals surface area contributed by atoms with Crippen LogP contribution in [0, 0.1) is 6.92 Å². The maximum atomic E-state index is 12.4. The highest BCUT2D eigenvalue weighted by Crippen LogP contribution is 2.23. The average molecular weight is 324 g/mol. The fourth-order valence-electron chi connectivity index (χ4n) is 2.14. The monoisotopic (exact) mass is 324 g/mol. The molecule has 0 spiro atoms. The summed E-state index contributed by atoms with van der Waals surface area (Å²) in [6.45, 7) is 1.80. The van der Waals surface area contributed by atoms with Crippen LogP contribution in [0.1, 0.15) is 23.6 Å². The molecule has 1 aromatic carbocycles. The molecule has 1 aromatic heterocycles. The van der Waals surface area contributed by atoms with Crippen molar-refractivity contribution in [1.29, 1.82) is 0 Å². The van der Waals surface area contributed by atoms with E-state index >= 15 is 0 Å². The van der Waals surface area contributed by atoms with Crippen LogP contribution in [0.2, 0.25) is 0 Å². The molecular formula is C13H16N4O4S. The Morgan fingerprint density at radius 1 is 1.41 bits per heavy atom. The number of nitrogens with zero attached hydrogens (tertiary/aromatic N) is 3. The van der Waals surface area contributed by atoms with E-state index in [0.29, 0.717) is 5.56 Å². The average Bonchev–Trinajstić information content (AvgIpc) is 2.85. The smallest absolute Gasteiger partial charge is 0.305 e. The zero-order valence-electron chi connectivity index (χ0n) is 12.1. The summed E-state index contributed by atoms with van der Waals surface area (Å²) >= 11 is 0. The van der Waals surface area contributed by atoms with Gasteiger partial charge in [-0.3, -0.25) is 4.79 Å². The summed E-state index contributed by atoms with van der Waals surface area (Å²) in [4.78, 5) is 11.1. The zero-order valence-corrected chi connectivity index (χ0v) is 12.9. The van der Waals surface area contributed by atoms with Crippen molar-refractivity contribution in [2.24, 2.45) is 7.05 Å². The van der Waals surface area contributed by atoms with Gasteiger partial charge in [-0.05, 0) is 18.1 Å². The zero-order chi connectivity index (χ0) is 16.3. The first kappa shape index (κ1) is 16.1. The molecule has 0 aliphatic carbocycles. The lowest BCUT2D eigenvalue weighted by molar-refractivity contribution is -0.137. The number of aromatic nitrogens is 3. The van der Waals surface area contributed by atoms with Crippen LogP contribution in [0.15, 0.2) is 35.5 Å². The number of rotatable bonds is 6. The topological polar surface area (TPSA) is 114 Å². The molecule has 0 amide bonds. The molecule has 0 saturated heterocycles. The molecule has 9 heteroatoms. The summed E-state index contributed by atoms with van der Waals surface area (Å²) in [6, 6.07) is 6.16. The lowest BCUT2D eigenvalue weighted by Crippen LogP contribution is -2.32. The van der Waals surface area contributed by atoms with Crippen LogP contribution in [0.5, 0.6) is 0 Å². The maximum absolute atomic E-state index is 12.4. The van der Waals surface area contributed by atoms with Gasteiger partial charge in [0.25, 0.3) is 10.0 Å². The minimum atomic E-state index is -3.93. The highest BCUT2D eigenvalue weighted by molar-refractivity contribution is 7.89. The minimum absolute atomic E-state index is 0.128. The number of carboxylic acids is 1. The van der Waals surface area contributed by atoms with E-state index in [1.54, 1.807) is 31.2 Å². The van der Waals surface area contributed by atoms with E-state index in [1.807, 2.05) is 0 Å². The molecule has 2 rings (SSSR count). The van der Waals surface area contributed by atoms with E-state index in [-0.39, 0.29) is 11.4 Å².